The van der Waals surface area contributed by atoms with Crippen LogP contribution in [-0.4, -0.2) is 86.0 Å². The summed E-state index contributed by atoms with van der Waals surface area (Å²) >= 11 is 1.25. The maximum Gasteiger partial charge on any atom is 0.253 e. The number of rotatable bonds is 8. The van der Waals surface area contributed by atoms with Crippen molar-refractivity contribution in [2.24, 2.45) is 5.41 Å². The number of nitrogens with one attached hydrogen (secondary N) is 1. The minimum absolute atomic E-state index is 0. The second-order valence-corrected chi connectivity index (χ2v) is 13.2. The van der Waals surface area contributed by atoms with E-state index in [0.29, 0.717) is 38.0 Å². The van der Waals surface area contributed by atoms with Gasteiger partial charge in [-0.2, -0.15) is 0 Å². The summed E-state index contributed by atoms with van der Waals surface area (Å²) in [5.41, 5.74) is 3.38. The first-order chi connectivity index (χ1) is 17.4. The highest BCUT2D eigenvalue weighted by atomic mass is 32.2. The van der Waals surface area contributed by atoms with Gasteiger partial charge in [-0.25, -0.2) is 0 Å². The minimum Gasteiger partial charge on any atom is -0.870 e. The third kappa shape index (κ3) is 6.78. The molecule has 3 N–H and O–H groups in total. The molecule has 0 atom stereocenters. The number of piperazine rings is 1. The number of aromatic nitrogens is 1. The summed E-state index contributed by atoms with van der Waals surface area (Å²) in [7, 11) is 0. The van der Waals surface area contributed by atoms with E-state index in [1.807, 2.05) is 12.1 Å². The van der Waals surface area contributed by atoms with Crippen molar-refractivity contribution in [2.75, 3.05) is 32.7 Å². The zero-order chi connectivity index (χ0) is 26.9. The number of carbonyl (C=O) groups is 3. The van der Waals surface area contributed by atoms with E-state index in [4.69, 9.17) is 0 Å². The van der Waals surface area contributed by atoms with Crippen LogP contribution in [0, 0.1) is 5.41 Å². The number of thiol groups is 1. The molecule has 208 valence electrons. The quantitative estimate of drug-likeness (QED) is 0.299. The highest BCUT2D eigenvalue weighted by Gasteiger charge is 2.29. The maximum atomic E-state index is 12.7. The van der Waals surface area contributed by atoms with Crippen molar-refractivity contribution in [1.29, 1.82) is 0 Å². The number of carbonyl (C=O) groups excluding carboxylic acids is 3. The lowest BCUT2D eigenvalue weighted by Gasteiger charge is -2.35. The summed E-state index contributed by atoms with van der Waals surface area (Å²) in [6.45, 7) is 14.4. The second kappa shape index (κ2) is 11.9. The lowest BCUT2D eigenvalue weighted by Crippen LogP contribution is -2.49. The van der Waals surface area contributed by atoms with Gasteiger partial charge in [0.2, 0.25) is 10.9 Å². The van der Waals surface area contributed by atoms with Crippen molar-refractivity contribution >= 4 is 40.4 Å². The van der Waals surface area contributed by atoms with Crippen LogP contribution in [0.1, 0.15) is 52.2 Å². The molecule has 1 saturated heterocycles. The number of phenols is 1. The Morgan fingerprint density at radius 3 is 2.26 bits per heavy atom. The Morgan fingerprint density at radius 1 is 1.05 bits per heavy atom. The van der Waals surface area contributed by atoms with Gasteiger partial charge in [0.15, 0.2) is 0 Å². The Morgan fingerprint density at radius 2 is 1.68 bits per heavy atom. The first-order valence-corrected chi connectivity index (χ1v) is 14.0. The zero-order valence-corrected chi connectivity index (χ0v) is 23.8. The van der Waals surface area contributed by atoms with Crippen molar-refractivity contribution in [3.8, 4) is 5.75 Å². The standard InChI is InChI=1S/C28H38N4O4S.H2O/c1-18(2)37-27-20(16-28(3,4)5)19-6-7-22(33)21(26(19)29-27)17-30-12-14-31(15-13-30)23(34)10-11-32-24(35)8-9-25(32)36;/h6-9,18,29,33H,10-17H2,1-5H3;1H2. The van der Waals surface area contributed by atoms with E-state index in [0.717, 1.165) is 22.4 Å². The van der Waals surface area contributed by atoms with Gasteiger partial charge in [0.25, 0.3) is 11.8 Å². The maximum absolute atomic E-state index is 12.7. The fourth-order valence-corrected chi connectivity index (χ4v) is 6.03. The molecular formula is C28H40N4O5S. The molecule has 0 aliphatic carbocycles. The van der Waals surface area contributed by atoms with Gasteiger partial charge in [-0.15, -0.1) is 0 Å². The van der Waals surface area contributed by atoms with Crippen molar-refractivity contribution in [1.82, 2.24) is 19.7 Å². The van der Waals surface area contributed by atoms with Gasteiger partial charge in [-0.3, -0.25) is 24.2 Å². The molecule has 0 bridgehead atoms. The van der Waals surface area contributed by atoms with E-state index < -0.39 is 0 Å². The van der Waals surface area contributed by atoms with Gasteiger partial charge in [0, 0.05) is 86.1 Å². The topological polar surface area (TPSA) is 127 Å². The summed E-state index contributed by atoms with van der Waals surface area (Å²) < 4.78 is 0. The lowest BCUT2D eigenvalue weighted by molar-refractivity contribution is -0.138. The van der Waals surface area contributed by atoms with Crippen LogP contribution in [0.4, 0.5) is 0 Å². The fraction of sp³-hybridized carbons (Fsp3) is 0.536. The number of benzene rings is 1. The fourth-order valence-electron chi connectivity index (χ4n) is 4.99. The Balaban J connectivity index is 0.00000400. The molecular weight excluding hydrogens is 504 g/mol. The Bertz CT molecular complexity index is 1200. The van der Waals surface area contributed by atoms with Gasteiger partial charge >= 0.3 is 0 Å². The highest BCUT2D eigenvalue weighted by molar-refractivity contribution is 7.79. The van der Waals surface area contributed by atoms with Gasteiger partial charge < -0.3 is 20.5 Å². The van der Waals surface area contributed by atoms with E-state index >= 15 is 0 Å². The SMILES string of the molecule is CC(C)[SH+]c1[nH]c2c(CN3CCN(C(=O)CCN4C(=O)C=CC4=O)CC3)c(O)ccc2c1CC(C)(C)C.[OH-]. The molecule has 9 nitrogen and oxygen atoms in total. The van der Waals surface area contributed by atoms with Crippen molar-refractivity contribution in [3.63, 3.8) is 0 Å². The normalized spacial score (nSPS) is 16.7. The summed E-state index contributed by atoms with van der Waals surface area (Å²) in [4.78, 5) is 45.0. The van der Waals surface area contributed by atoms with E-state index in [1.165, 1.54) is 39.9 Å². The number of aromatic amines is 1. The van der Waals surface area contributed by atoms with Gasteiger partial charge in [-0.1, -0.05) is 20.8 Å². The van der Waals surface area contributed by atoms with E-state index in [2.05, 4.69) is 44.5 Å². The molecule has 3 amide bonds. The molecule has 38 heavy (non-hydrogen) atoms. The molecule has 2 aromatic rings. The molecule has 1 aromatic carbocycles. The predicted octanol–water partition coefficient (Wildman–Crippen LogP) is 2.83. The molecule has 0 spiro atoms. The largest absolute Gasteiger partial charge is 0.870 e. The van der Waals surface area contributed by atoms with E-state index in [1.54, 1.807) is 4.90 Å². The third-order valence-electron chi connectivity index (χ3n) is 6.79. The predicted molar refractivity (Wildman–Crippen MR) is 150 cm³/mol. The number of imide groups is 1. The monoisotopic (exact) mass is 544 g/mol. The number of hydrogen-bond acceptors (Lipinski definition) is 6. The summed E-state index contributed by atoms with van der Waals surface area (Å²) in [5, 5.41) is 13.7. The summed E-state index contributed by atoms with van der Waals surface area (Å²) in [5.74, 6) is -0.480. The number of aromatic hydroxyl groups is 1. The van der Waals surface area contributed by atoms with Crippen LogP contribution in [0.5, 0.6) is 5.75 Å². The Hall–Kier alpha value is -2.82. The van der Waals surface area contributed by atoms with Crippen LogP contribution in [0.2, 0.25) is 0 Å². The molecule has 0 saturated carbocycles. The Labute approximate surface area is 228 Å². The van der Waals surface area contributed by atoms with E-state index in [9.17, 15) is 19.5 Å². The first-order valence-electron chi connectivity index (χ1n) is 13.0. The second-order valence-electron chi connectivity index (χ2n) is 11.5. The summed E-state index contributed by atoms with van der Waals surface area (Å²) in [6, 6.07) is 3.84. The van der Waals surface area contributed by atoms with Crippen LogP contribution in [0.3, 0.4) is 0 Å². The molecule has 4 rings (SSSR count). The van der Waals surface area contributed by atoms with Gasteiger partial charge in [0.05, 0.1) is 5.52 Å². The van der Waals surface area contributed by atoms with Crippen LogP contribution < -0.4 is 0 Å². The molecule has 0 radical (unpaired) electrons. The van der Waals surface area contributed by atoms with Crippen LogP contribution in [0.15, 0.2) is 29.3 Å². The van der Waals surface area contributed by atoms with Crippen LogP contribution in [-0.2, 0) is 39.1 Å². The van der Waals surface area contributed by atoms with Crippen molar-refractivity contribution < 1.29 is 25.0 Å². The molecule has 2 aliphatic rings. The number of H-pyrrole nitrogens is 1. The van der Waals surface area contributed by atoms with Crippen LogP contribution in [0.25, 0.3) is 10.9 Å². The molecule has 0 unspecified atom stereocenters. The molecule has 10 heteroatoms. The van der Waals surface area contributed by atoms with Crippen molar-refractivity contribution in [3.05, 3.63) is 35.4 Å². The first kappa shape index (κ1) is 29.7. The smallest absolute Gasteiger partial charge is 0.253 e. The number of hydrogen-bond donors (Lipinski definition) is 2. The van der Waals surface area contributed by atoms with Crippen molar-refractivity contribution in [2.45, 2.75) is 64.3 Å². The molecule has 3 heterocycles. The third-order valence-corrected chi connectivity index (χ3v) is 7.95. The highest BCUT2D eigenvalue weighted by Crippen LogP contribution is 2.36. The average Bonchev–Trinajstić information content (AvgIpc) is 3.31. The Kier molecular flexibility index (Phi) is 9.33. The number of amides is 3. The van der Waals surface area contributed by atoms with Gasteiger partial charge in [-0.05, 0) is 37.8 Å². The van der Waals surface area contributed by atoms with Gasteiger partial charge in [0.1, 0.15) is 11.0 Å². The molecule has 2 aliphatic heterocycles. The molecule has 1 aromatic heterocycles. The summed E-state index contributed by atoms with van der Waals surface area (Å²) in [6.07, 6.45) is 3.57. The minimum atomic E-state index is -0.359. The van der Waals surface area contributed by atoms with E-state index in [-0.39, 0.29) is 47.3 Å². The zero-order valence-electron chi connectivity index (χ0n) is 23.0. The molecule has 1 fully saturated rings. The average molecular weight is 545 g/mol. The number of fused-ring (bicyclic) bond motifs is 1. The number of phenolic OH excluding ortho intramolecular Hbond substituents is 1. The van der Waals surface area contributed by atoms with Crippen LogP contribution >= 0.6 is 0 Å². The number of nitrogens with zero attached hydrogens (tertiary/aromatic N) is 3. The lowest BCUT2D eigenvalue weighted by atomic mass is 9.88.